The van der Waals surface area contributed by atoms with Crippen molar-refractivity contribution in [1.82, 2.24) is 5.32 Å². The second kappa shape index (κ2) is 6.54. The lowest BCUT2D eigenvalue weighted by atomic mass is 9.99. The summed E-state index contributed by atoms with van der Waals surface area (Å²) in [6, 6.07) is -0.315. The summed E-state index contributed by atoms with van der Waals surface area (Å²) in [5, 5.41) is 1.68. The van der Waals surface area contributed by atoms with Gasteiger partial charge in [0, 0.05) is 11.1 Å². The lowest BCUT2D eigenvalue weighted by Crippen LogP contribution is -2.48. The minimum atomic E-state index is -5.73. The van der Waals surface area contributed by atoms with Crippen LogP contribution in [0.3, 0.4) is 0 Å². The topological polar surface area (TPSA) is 21.3 Å². The van der Waals surface area contributed by atoms with Crippen LogP contribution in [-0.2, 0) is 0 Å². The van der Waals surface area contributed by atoms with Crippen molar-refractivity contribution in [2.75, 3.05) is 13.7 Å². The van der Waals surface area contributed by atoms with Crippen molar-refractivity contribution in [1.29, 1.82) is 0 Å². The van der Waals surface area contributed by atoms with E-state index >= 15 is 0 Å². The molecule has 0 heterocycles. The van der Waals surface area contributed by atoms with E-state index in [0.717, 1.165) is 12.1 Å². The third-order valence-corrected chi connectivity index (χ3v) is 3.35. The van der Waals surface area contributed by atoms with Crippen LogP contribution >= 0.6 is 23.2 Å². The lowest BCUT2D eigenvalue weighted by Gasteiger charge is -2.30. The van der Waals surface area contributed by atoms with Gasteiger partial charge in [0.2, 0.25) is 0 Å². The maximum atomic E-state index is 13.6. The van der Waals surface area contributed by atoms with Gasteiger partial charge < -0.3 is 10.1 Å². The molecule has 120 valence electrons. The predicted octanol–water partition coefficient (Wildman–Crippen LogP) is 4.85. The van der Waals surface area contributed by atoms with Crippen molar-refractivity contribution in [3.8, 4) is 5.75 Å². The summed E-state index contributed by atoms with van der Waals surface area (Å²) < 4.78 is 69.8. The molecular formula is C12H12Cl2F5NO. The molecule has 1 aromatic rings. The van der Waals surface area contributed by atoms with E-state index in [9.17, 15) is 22.0 Å². The van der Waals surface area contributed by atoms with E-state index < -0.39 is 23.7 Å². The molecule has 0 aromatic heterocycles. The first-order valence-corrected chi connectivity index (χ1v) is 6.52. The first kappa shape index (κ1) is 18.3. The first-order chi connectivity index (χ1) is 9.56. The Balaban J connectivity index is 3.40. The van der Waals surface area contributed by atoms with Gasteiger partial charge >= 0.3 is 12.1 Å². The Bertz CT molecular complexity index is 507. The zero-order valence-electron chi connectivity index (χ0n) is 11.0. The number of nitrogens with one attached hydrogen (secondary N) is 1. The Labute approximate surface area is 128 Å². The molecule has 0 aliphatic carbocycles. The quantitative estimate of drug-likeness (QED) is 0.765. The third-order valence-electron chi connectivity index (χ3n) is 2.73. The molecule has 1 unspecified atom stereocenters. The molecule has 1 rings (SSSR count). The van der Waals surface area contributed by atoms with Gasteiger partial charge in [0.1, 0.15) is 11.8 Å². The van der Waals surface area contributed by atoms with Crippen LogP contribution in [0, 0.1) is 0 Å². The normalized spacial score (nSPS) is 14.1. The molecule has 0 saturated carbocycles. The summed E-state index contributed by atoms with van der Waals surface area (Å²) in [4.78, 5) is 0. The molecular weight excluding hydrogens is 340 g/mol. The Morgan fingerprint density at radius 1 is 1.14 bits per heavy atom. The monoisotopic (exact) mass is 351 g/mol. The molecule has 21 heavy (non-hydrogen) atoms. The van der Waals surface area contributed by atoms with E-state index in [-0.39, 0.29) is 22.3 Å². The maximum Gasteiger partial charge on any atom is 0.455 e. The summed E-state index contributed by atoms with van der Waals surface area (Å²) >= 11 is 11.6. The second-order valence-corrected chi connectivity index (χ2v) is 4.93. The van der Waals surface area contributed by atoms with Crippen molar-refractivity contribution < 1.29 is 26.7 Å². The predicted molar refractivity (Wildman–Crippen MR) is 70.4 cm³/mol. The van der Waals surface area contributed by atoms with Crippen molar-refractivity contribution in [2.24, 2.45) is 0 Å². The molecule has 9 heteroatoms. The highest BCUT2D eigenvalue weighted by molar-refractivity contribution is 6.34. The average molecular weight is 352 g/mol. The van der Waals surface area contributed by atoms with E-state index in [4.69, 9.17) is 27.9 Å². The fourth-order valence-corrected chi connectivity index (χ4v) is 2.23. The molecule has 0 radical (unpaired) electrons. The molecule has 0 fully saturated rings. The van der Waals surface area contributed by atoms with Crippen molar-refractivity contribution in [2.45, 2.75) is 25.1 Å². The third kappa shape index (κ3) is 3.70. The van der Waals surface area contributed by atoms with Crippen molar-refractivity contribution in [3.05, 3.63) is 27.7 Å². The van der Waals surface area contributed by atoms with E-state index in [1.165, 1.54) is 14.0 Å². The summed E-state index contributed by atoms with van der Waals surface area (Å²) in [7, 11) is 1.27. The van der Waals surface area contributed by atoms with Crippen LogP contribution in [0.25, 0.3) is 0 Å². The number of alkyl halides is 5. The number of halogens is 7. The van der Waals surface area contributed by atoms with Gasteiger partial charge in [-0.05, 0) is 18.2 Å². The second-order valence-electron chi connectivity index (χ2n) is 4.12. The number of rotatable bonds is 5. The highest BCUT2D eigenvalue weighted by atomic mass is 35.5. The van der Waals surface area contributed by atoms with Gasteiger partial charge in [0.15, 0.2) is 0 Å². The van der Waals surface area contributed by atoms with Gasteiger partial charge in [0.25, 0.3) is 0 Å². The Kier molecular flexibility index (Phi) is 5.69. The smallest absolute Gasteiger partial charge is 0.455 e. The number of methoxy groups -OCH3 is 1. The fraction of sp³-hybridized carbons (Fsp3) is 0.500. The van der Waals surface area contributed by atoms with Crippen LogP contribution in [0.5, 0.6) is 5.75 Å². The summed E-state index contributed by atoms with van der Waals surface area (Å²) in [6.07, 6.45) is -5.73. The SMILES string of the molecule is CCNC(c1cc(Cl)c(OC)cc1Cl)C(F)(F)C(F)(F)F. The maximum absolute atomic E-state index is 13.6. The van der Waals surface area contributed by atoms with Gasteiger partial charge in [-0.15, -0.1) is 0 Å². The number of benzene rings is 1. The highest BCUT2D eigenvalue weighted by Crippen LogP contribution is 2.47. The number of ether oxygens (including phenoxy) is 1. The number of hydrogen-bond donors (Lipinski definition) is 1. The average Bonchev–Trinajstić information content (AvgIpc) is 2.37. The van der Waals surface area contributed by atoms with Crippen LogP contribution < -0.4 is 10.1 Å². The van der Waals surface area contributed by atoms with Crippen LogP contribution in [0.4, 0.5) is 22.0 Å². The minimum Gasteiger partial charge on any atom is -0.495 e. The molecule has 0 saturated heterocycles. The van der Waals surface area contributed by atoms with Crippen molar-refractivity contribution in [3.63, 3.8) is 0 Å². The van der Waals surface area contributed by atoms with E-state index in [2.05, 4.69) is 5.32 Å². The molecule has 1 N–H and O–H groups in total. The summed E-state index contributed by atoms with van der Waals surface area (Å²) in [5.74, 6) is -4.93. The molecule has 1 aromatic carbocycles. The van der Waals surface area contributed by atoms with Gasteiger partial charge in [-0.2, -0.15) is 22.0 Å². The Morgan fingerprint density at radius 3 is 2.14 bits per heavy atom. The van der Waals surface area contributed by atoms with Gasteiger partial charge in [-0.25, -0.2) is 0 Å². The largest absolute Gasteiger partial charge is 0.495 e. The van der Waals surface area contributed by atoms with E-state index in [1.54, 1.807) is 0 Å². The molecule has 0 amide bonds. The molecule has 0 aliphatic rings. The molecule has 2 nitrogen and oxygen atoms in total. The molecule has 1 atom stereocenters. The minimum absolute atomic E-state index is 0.0796. The first-order valence-electron chi connectivity index (χ1n) is 5.77. The van der Waals surface area contributed by atoms with Crippen molar-refractivity contribution >= 4 is 23.2 Å². The van der Waals surface area contributed by atoms with E-state index in [1.807, 2.05) is 0 Å². The number of hydrogen-bond acceptors (Lipinski definition) is 2. The Morgan fingerprint density at radius 2 is 1.71 bits per heavy atom. The molecule has 0 aliphatic heterocycles. The zero-order chi connectivity index (χ0) is 16.4. The van der Waals surface area contributed by atoms with Gasteiger partial charge in [-0.3, -0.25) is 0 Å². The highest BCUT2D eigenvalue weighted by Gasteiger charge is 2.62. The zero-order valence-corrected chi connectivity index (χ0v) is 12.5. The van der Waals surface area contributed by atoms with Crippen LogP contribution in [0.1, 0.15) is 18.5 Å². The standard InChI is InChI=1S/C12H12Cl2F5NO/c1-3-20-10(11(15,16)12(17,18)19)6-4-8(14)9(21-2)5-7(6)13/h4-5,10,20H,3H2,1-2H3. The van der Waals surface area contributed by atoms with E-state index in [0.29, 0.717) is 0 Å². The summed E-state index contributed by atoms with van der Waals surface area (Å²) in [5.41, 5.74) is -0.452. The van der Waals surface area contributed by atoms with Crippen LogP contribution in [-0.4, -0.2) is 25.8 Å². The fourth-order valence-electron chi connectivity index (χ4n) is 1.72. The molecule has 0 spiro atoms. The van der Waals surface area contributed by atoms with Gasteiger partial charge in [-0.1, -0.05) is 30.1 Å². The Hall–Kier alpha value is -0.790. The van der Waals surface area contributed by atoms with Crippen LogP contribution in [0.2, 0.25) is 10.0 Å². The molecule has 0 bridgehead atoms. The van der Waals surface area contributed by atoms with Crippen LogP contribution in [0.15, 0.2) is 12.1 Å². The summed E-state index contributed by atoms with van der Waals surface area (Å²) in [6.45, 7) is 1.29. The van der Waals surface area contributed by atoms with Gasteiger partial charge in [0.05, 0.1) is 12.1 Å². The lowest BCUT2D eigenvalue weighted by molar-refractivity contribution is -0.294.